The van der Waals surface area contributed by atoms with Crippen LogP contribution in [0.2, 0.25) is 0 Å². The Bertz CT molecular complexity index is 648. The average Bonchev–Trinajstić information content (AvgIpc) is 2.49. The summed E-state index contributed by atoms with van der Waals surface area (Å²) in [6.45, 7) is 3.47. The lowest BCUT2D eigenvalue weighted by atomic mass is 10.0. The van der Waals surface area contributed by atoms with Gasteiger partial charge in [-0.15, -0.1) is 0 Å². The van der Waals surface area contributed by atoms with Crippen molar-refractivity contribution in [1.82, 2.24) is 5.32 Å². The zero-order valence-electron chi connectivity index (χ0n) is 12.4. The highest BCUT2D eigenvalue weighted by Gasteiger charge is 2.21. The van der Waals surface area contributed by atoms with E-state index in [0.29, 0.717) is 5.56 Å². The summed E-state index contributed by atoms with van der Waals surface area (Å²) in [5.74, 6) is -2.31. The summed E-state index contributed by atoms with van der Waals surface area (Å²) in [6, 6.07) is 8.81. The number of aliphatic hydroxyl groups is 1. The van der Waals surface area contributed by atoms with Gasteiger partial charge < -0.3 is 10.4 Å². The third kappa shape index (κ3) is 3.67. The first-order valence-corrected chi connectivity index (χ1v) is 7.03. The van der Waals surface area contributed by atoms with Crippen molar-refractivity contribution in [2.45, 2.75) is 32.0 Å². The second-order valence-electron chi connectivity index (χ2n) is 5.32. The Kier molecular flexibility index (Phi) is 5.21. The van der Waals surface area contributed by atoms with Gasteiger partial charge in [0.2, 0.25) is 0 Å². The summed E-state index contributed by atoms with van der Waals surface area (Å²) in [5.41, 5.74) is 0.742. The van der Waals surface area contributed by atoms with E-state index in [0.717, 1.165) is 12.1 Å². The van der Waals surface area contributed by atoms with Crippen LogP contribution in [0, 0.1) is 17.5 Å². The van der Waals surface area contributed by atoms with Gasteiger partial charge >= 0.3 is 0 Å². The topological polar surface area (TPSA) is 32.3 Å². The molecule has 0 aromatic heterocycles. The largest absolute Gasteiger partial charge is 0.387 e. The number of aliphatic hydroxyl groups excluding tert-OH is 1. The number of hydrogen-bond acceptors (Lipinski definition) is 2. The first kappa shape index (κ1) is 16.5. The minimum Gasteiger partial charge on any atom is -0.387 e. The lowest BCUT2D eigenvalue weighted by Crippen LogP contribution is -2.34. The van der Waals surface area contributed by atoms with Crippen LogP contribution < -0.4 is 5.32 Å². The highest BCUT2D eigenvalue weighted by molar-refractivity contribution is 5.23. The summed E-state index contributed by atoms with van der Waals surface area (Å²) < 4.78 is 39.9. The highest BCUT2D eigenvalue weighted by atomic mass is 19.2. The molecule has 0 bridgehead atoms. The van der Waals surface area contributed by atoms with Crippen LogP contribution in [0.25, 0.3) is 0 Å². The van der Waals surface area contributed by atoms with Gasteiger partial charge in [-0.2, -0.15) is 0 Å². The Hall–Kier alpha value is -1.85. The lowest BCUT2D eigenvalue weighted by molar-refractivity contribution is 0.130. The van der Waals surface area contributed by atoms with Gasteiger partial charge in [-0.05, 0) is 37.6 Å². The van der Waals surface area contributed by atoms with Crippen molar-refractivity contribution >= 4 is 0 Å². The fourth-order valence-electron chi connectivity index (χ4n) is 2.39. The number of benzene rings is 2. The Morgan fingerprint density at radius 3 is 2.23 bits per heavy atom. The minimum absolute atomic E-state index is 0.264. The molecule has 3 atom stereocenters. The molecule has 2 rings (SSSR count). The summed E-state index contributed by atoms with van der Waals surface area (Å²) in [4.78, 5) is 0. The Balaban J connectivity index is 2.09. The molecule has 118 valence electrons. The molecule has 0 aliphatic rings. The zero-order chi connectivity index (χ0) is 16.3. The number of nitrogens with one attached hydrogen (secondary N) is 1. The third-order valence-electron chi connectivity index (χ3n) is 3.64. The molecule has 0 spiro atoms. The van der Waals surface area contributed by atoms with Crippen molar-refractivity contribution in [3.05, 3.63) is 71.0 Å². The molecule has 0 fully saturated rings. The summed E-state index contributed by atoms with van der Waals surface area (Å²) in [6.07, 6.45) is -1.04. The van der Waals surface area contributed by atoms with Crippen molar-refractivity contribution in [2.24, 2.45) is 0 Å². The first-order chi connectivity index (χ1) is 10.4. The maximum atomic E-state index is 13.7. The van der Waals surface area contributed by atoms with Crippen LogP contribution in [0.4, 0.5) is 13.2 Å². The smallest absolute Gasteiger partial charge is 0.159 e. The van der Waals surface area contributed by atoms with Gasteiger partial charge in [0, 0.05) is 17.6 Å². The second kappa shape index (κ2) is 6.94. The first-order valence-electron chi connectivity index (χ1n) is 7.03. The van der Waals surface area contributed by atoms with Gasteiger partial charge in [0.25, 0.3) is 0 Å². The molecule has 0 heterocycles. The van der Waals surface area contributed by atoms with Crippen LogP contribution in [0.5, 0.6) is 0 Å². The molecule has 0 aliphatic heterocycles. The van der Waals surface area contributed by atoms with E-state index < -0.39 is 23.8 Å². The Labute approximate surface area is 127 Å². The van der Waals surface area contributed by atoms with Crippen molar-refractivity contribution < 1.29 is 18.3 Å². The van der Waals surface area contributed by atoms with Gasteiger partial charge in [-0.25, -0.2) is 13.2 Å². The van der Waals surface area contributed by atoms with Crippen molar-refractivity contribution in [3.8, 4) is 0 Å². The normalized spacial score (nSPS) is 15.4. The average molecular weight is 309 g/mol. The van der Waals surface area contributed by atoms with E-state index in [1.165, 1.54) is 12.1 Å². The van der Waals surface area contributed by atoms with E-state index in [9.17, 15) is 18.3 Å². The monoisotopic (exact) mass is 309 g/mol. The second-order valence-corrected chi connectivity index (χ2v) is 5.32. The Morgan fingerprint density at radius 1 is 0.909 bits per heavy atom. The van der Waals surface area contributed by atoms with Crippen LogP contribution in [0.15, 0.2) is 42.5 Å². The van der Waals surface area contributed by atoms with Crippen LogP contribution in [-0.4, -0.2) is 11.1 Å². The van der Waals surface area contributed by atoms with E-state index >= 15 is 0 Å². The summed E-state index contributed by atoms with van der Waals surface area (Å²) in [7, 11) is 0. The molecule has 0 amide bonds. The molecule has 2 N–H and O–H groups in total. The standard InChI is InChI=1S/C17H18F3NO/c1-10(13-5-3-4-6-14(13)18)21-11(2)17(22)12-7-8-15(19)16(20)9-12/h3-11,17,21-22H,1-2H3. The molecule has 5 heteroatoms. The van der Waals surface area contributed by atoms with Gasteiger partial charge in [0.15, 0.2) is 11.6 Å². The molecule has 2 nitrogen and oxygen atoms in total. The quantitative estimate of drug-likeness (QED) is 0.878. The predicted octanol–water partition coefficient (Wildman–Crippen LogP) is 3.88. The van der Waals surface area contributed by atoms with E-state index in [1.54, 1.807) is 32.0 Å². The van der Waals surface area contributed by atoms with E-state index in [1.807, 2.05) is 0 Å². The SMILES string of the molecule is CC(NC(C)C(O)c1ccc(F)c(F)c1)c1ccccc1F. The highest BCUT2D eigenvalue weighted by Crippen LogP contribution is 2.23. The van der Waals surface area contributed by atoms with Gasteiger partial charge in [0.05, 0.1) is 6.10 Å². The van der Waals surface area contributed by atoms with Crippen LogP contribution in [0.3, 0.4) is 0 Å². The maximum absolute atomic E-state index is 13.7. The van der Waals surface area contributed by atoms with E-state index in [2.05, 4.69) is 5.32 Å². The fraction of sp³-hybridized carbons (Fsp3) is 0.294. The third-order valence-corrected chi connectivity index (χ3v) is 3.64. The van der Waals surface area contributed by atoms with Gasteiger partial charge in [-0.3, -0.25) is 0 Å². The van der Waals surface area contributed by atoms with Crippen molar-refractivity contribution in [2.75, 3.05) is 0 Å². The number of hydrogen-bond donors (Lipinski definition) is 2. The zero-order valence-corrected chi connectivity index (χ0v) is 12.4. The molecular weight excluding hydrogens is 291 g/mol. The number of halogens is 3. The lowest BCUT2D eigenvalue weighted by Gasteiger charge is -2.25. The molecule has 0 saturated heterocycles. The van der Waals surface area contributed by atoms with Crippen molar-refractivity contribution in [1.29, 1.82) is 0 Å². The van der Waals surface area contributed by atoms with Crippen LogP contribution in [-0.2, 0) is 0 Å². The molecular formula is C17H18F3NO. The molecule has 22 heavy (non-hydrogen) atoms. The van der Waals surface area contributed by atoms with Crippen LogP contribution in [0.1, 0.15) is 37.1 Å². The molecule has 0 radical (unpaired) electrons. The minimum atomic E-state index is -1.04. The summed E-state index contributed by atoms with van der Waals surface area (Å²) in [5, 5.41) is 13.3. The van der Waals surface area contributed by atoms with Crippen LogP contribution >= 0.6 is 0 Å². The molecule has 2 aromatic carbocycles. The Morgan fingerprint density at radius 2 is 1.59 bits per heavy atom. The molecule has 0 aliphatic carbocycles. The van der Waals surface area contributed by atoms with Gasteiger partial charge in [-0.1, -0.05) is 24.3 Å². The maximum Gasteiger partial charge on any atom is 0.159 e. The van der Waals surface area contributed by atoms with Gasteiger partial charge in [0.1, 0.15) is 5.82 Å². The molecule has 3 unspecified atom stereocenters. The predicted molar refractivity (Wildman–Crippen MR) is 78.7 cm³/mol. The van der Waals surface area contributed by atoms with E-state index in [4.69, 9.17) is 0 Å². The summed E-state index contributed by atoms with van der Waals surface area (Å²) >= 11 is 0. The van der Waals surface area contributed by atoms with E-state index in [-0.39, 0.29) is 17.4 Å². The number of rotatable bonds is 5. The molecule has 0 saturated carbocycles. The van der Waals surface area contributed by atoms with Crippen molar-refractivity contribution in [3.63, 3.8) is 0 Å². The fourth-order valence-corrected chi connectivity index (χ4v) is 2.39. The molecule has 2 aromatic rings.